The molecule has 0 saturated carbocycles. The van der Waals surface area contributed by atoms with Crippen molar-refractivity contribution < 1.29 is 14.2 Å². The van der Waals surface area contributed by atoms with Crippen LogP contribution in [-0.4, -0.2) is 25.4 Å². The molecule has 6 nitrogen and oxygen atoms in total. The number of ether oxygens (including phenoxy) is 3. The molecule has 1 unspecified atom stereocenters. The van der Waals surface area contributed by atoms with Crippen LogP contribution in [0.1, 0.15) is 41.6 Å². The van der Waals surface area contributed by atoms with Crippen LogP contribution in [0.2, 0.25) is 0 Å². The topological polar surface area (TPSA) is 62.0 Å². The number of para-hydroxylation sites is 1. The molecule has 1 aliphatic heterocycles. The van der Waals surface area contributed by atoms with E-state index >= 15 is 0 Å². The molecule has 0 radical (unpaired) electrons. The number of aromatic nitrogens is 1. The summed E-state index contributed by atoms with van der Waals surface area (Å²) < 4.78 is 19.4. The van der Waals surface area contributed by atoms with Crippen LogP contribution in [0.25, 0.3) is 11.8 Å². The number of hydrogen-bond donors (Lipinski definition) is 0. The molecule has 0 amide bonds. The van der Waals surface area contributed by atoms with Crippen molar-refractivity contribution in [1.82, 2.24) is 4.57 Å². The number of thiazole rings is 1. The van der Waals surface area contributed by atoms with Crippen molar-refractivity contribution >= 4 is 23.1 Å². The van der Waals surface area contributed by atoms with Gasteiger partial charge in [-0.25, -0.2) is 4.99 Å². The fraction of sp³-hybridized carbons (Fsp3) is 0.226. The van der Waals surface area contributed by atoms with Gasteiger partial charge in [0.25, 0.3) is 5.56 Å². The molecule has 1 atom stereocenters. The molecule has 0 saturated heterocycles. The van der Waals surface area contributed by atoms with Gasteiger partial charge in [-0.3, -0.25) is 9.36 Å². The van der Waals surface area contributed by atoms with Gasteiger partial charge in [-0.15, -0.1) is 0 Å². The first-order valence-electron chi connectivity index (χ1n) is 12.7. The van der Waals surface area contributed by atoms with Gasteiger partial charge in [-0.2, -0.15) is 0 Å². The van der Waals surface area contributed by atoms with Crippen LogP contribution in [0, 0.1) is 0 Å². The molecule has 7 heteroatoms. The van der Waals surface area contributed by atoms with Crippen LogP contribution in [0.15, 0.2) is 82.1 Å². The van der Waals surface area contributed by atoms with E-state index in [9.17, 15) is 4.79 Å². The molecule has 0 bridgehead atoms. The third kappa shape index (κ3) is 4.03. The number of fused-ring (bicyclic) bond motifs is 3. The van der Waals surface area contributed by atoms with Crippen LogP contribution in [0.4, 0.5) is 0 Å². The maximum atomic E-state index is 14.0. The van der Waals surface area contributed by atoms with Gasteiger partial charge in [0.1, 0.15) is 5.75 Å². The van der Waals surface area contributed by atoms with Gasteiger partial charge >= 0.3 is 0 Å². The lowest BCUT2D eigenvalue weighted by molar-refractivity contribution is 0.311. The van der Waals surface area contributed by atoms with E-state index in [2.05, 4.69) is 30.3 Å². The van der Waals surface area contributed by atoms with Crippen molar-refractivity contribution in [2.45, 2.75) is 25.8 Å². The first kappa shape index (κ1) is 24.2. The maximum absolute atomic E-state index is 14.0. The third-order valence-electron chi connectivity index (χ3n) is 7.09. The summed E-state index contributed by atoms with van der Waals surface area (Å²) in [5, 5.41) is 0. The summed E-state index contributed by atoms with van der Waals surface area (Å²) >= 11 is 1.41. The Labute approximate surface area is 224 Å². The predicted molar refractivity (Wildman–Crippen MR) is 150 cm³/mol. The molecule has 38 heavy (non-hydrogen) atoms. The summed E-state index contributed by atoms with van der Waals surface area (Å²) in [7, 11) is 3.29. The van der Waals surface area contributed by atoms with Gasteiger partial charge in [0.15, 0.2) is 16.3 Å². The lowest BCUT2D eigenvalue weighted by Gasteiger charge is -2.31. The molecule has 1 aliphatic carbocycles. The average molecular weight is 525 g/mol. The number of allylic oxidation sites excluding steroid dienone is 1. The first-order chi connectivity index (χ1) is 18.6. The Morgan fingerprint density at radius 2 is 1.76 bits per heavy atom. The number of nitrogens with zero attached hydrogens (tertiary/aromatic N) is 2. The monoisotopic (exact) mass is 524 g/mol. The Bertz CT molecular complexity index is 1750. The summed E-state index contributed by atoms with van der Waals surface area (Å²) in [6.07, 6.45) is 3.64. The zero-order valence-electron chi connectivity index (χ0n) is 21.6. The molecule has 0 spiro atoms. The Morgan fingerprint density at radius 1 is 0.974 bits per heavy atom. The van der Waals surface area contributed by atoms with Crippen molar-refractivity contribution in [1.29, 1.82) is 0 Å². The average Bonchev–Trinajstić information content (AvgIpc) is 3.26. The highest BCUT2D eigenvalue weighted by molar-refractivity contribution is 7.07. The molecule has 2 heterocycles. The van der Waals surface area contributed by atoms with Gasteiger partial charge in [0.05, 0.1) is 37.1 Å². The van der Waals surface area contributed by atoms with Crippen molar-refractivity contribution in [3.05, 3.63) is 114 Å². The maximum Gasteiger partial charge on any atom is 0.271 e. The highest BCUT2D eigenvalue weighted by Crippen LogP contribution is 2.43. The SMILES string of the molecule is CCOc1ccc(C=c2sc3n(c2=O)C(c2ccccc2OC)C2=C(N=3)c3ccccc3CC2)cc1OC. The van der Waals surface area contributed by atoms with E-state index in [1.165, 1.54) is 16.9 Å². The second kappa shape index (κ2) is 9.99. The number of aryl methyl sites for hydroxylation is 1. The molecular weight excluding hydrogens is 496 g/mol. The van der Waals surface area contributed by atoms with Crippen LogP contribution < -0.4 is 29.1 Å². The fourth-order valence-corrected chi connectivity index (χ4v) is 6.39. The zero-order chi connectivity index (χ0) is 26.2. The standard InChI is InChI=1S/C31H28N2O4S/c1-4-37-25-16-13-19(17-26(25)36-3)18-27-30(34)33-29(22-11-7-8-12-24(22)35-2)23-15-14-20-9-5-6-10-21(20)28(23)32-31(33)38-27/h5-13,16-18,29H,4,14-15H2,1-3H3. The minimum atomic E-state index is -0.289. The number of rotatable bonds is 6. The van der Waals surface area contributed by atoms with Crippen LogP contribution in [0.3, 0.4) is 0 Å². The highest BCUT2D eigenvalue weighted by atomic mass is 32.1. The minimum Gasteiger partial charge on any atom is -0.496 e. The van der Waals surface area contributed by atoms with E-state index in [-0.39, 0.29) is 11.6 Å². The predicted octanol–water partition coefficient (Wildman–Crippen LogP) is 4.73. The number of benzene rings is 3. The lowest BCUT2D eigenvalue weighted by atomic mass is 9.83. The van der Waals surface area contributed by atoms with E-state index in [0.29, 0.717) is 27.4 Å². The number of hydrogen-bond acceptors (Lipinski definition) is 6. The smallest absolute Gasteiger partial charge is 0.271 e. The van der Waals surface area contributed by atoms with Crippen LogP contribution in [-0.2, 0) is 6.42 Å². The Hall–Kier alpha value is -4.10. The van der Waals surface area contributed by atoms with Crippen molar-refractivity contribution in [3.8, 4) is 17.2 Å². The molecule has 192 valence electrons. The van der Waals surface area contributed by atoms with Gasteiger partial charge < -0.3 is 14.2 Å². The van der Waals surface area contributed by atoms with Gasteiger partial charge in [-0.1, -0.05) is 59.9 Å². The summed E-state index contributed by atoms with van der Waals surface area (Å²) in [6.45, 7) is 2.48. The van der Waals surface area contributed by atoms with Crippen LogP contribution >= 0.6 is 11.3 Å². The molecule has 3 aromatic carbocycles. The summed E-state index contributed by atoms with van der Waals surface area (Å²) in [4.78, 5) is 19.8. The van der Waals surface area contributed by atoms with E-state index in [4.69, 9.17) is 19.2 Å². The molecule has 4 aromatic rings. The van der Waals surface area contributed by atoms with Crippen molar-refractivity contribution in [2.75, 3.05) is 20.8 Å². The summed E-state index contributed by atoms with van der Waals surface area (Å²) in [5.41, 5.74) is 6.30. The Balaban J connectivity index is 1.58. The summed E-state index contributed by atoms with van der Waals surface area (Å²) in [6, 6.07) is 21.8. The molecule has 6 rings (SSSR count). The quantitative estimate of drug-likeness (QED) is 0.366. The van der Waals surface area contributed by atoms with E-state index < -0.39 is 0 Å². The molecular formula is C31H28N2O4S. The molecule has 0 fully saturated rings. The second-order valence-electron chi connectivity index (χ2n) is 9.20. The van der Waals surface area contributed by atoms with Gasteiger partial charge in [0.2, 0.25) is 0 Å². The molecule has 0 N–H and O–H groups in total. The Morgan fingerprint density at radius 3 is 2.58 bits per heavy atom. The van der Waals surface area contributed by atoms with Crippen molar-refractivity contribution in [3.63, 3.8) is 0 Å². The van der Waals surface area contributed by atoms with Crippen molar-refractivity contribution in [2.24, 2.45) is 4.99 Å². The second-order valence-corrected chi connectivity index (χ2v) is 10.2. The van der Waals surface area contributed by atoms with E-state index in [0.717, 1.165) is 46.6 Å². The fourth-order valence-electron chi connectivity index (χ4n) is 5.39. The Kier molecular flexibility index (Phi) is 6.37. The lowest BCUT2D eigenvalue weighted by Crippen LogP contribution is -2.39. The summed E-state index contributed by atoms with van der Waals surface area (Å²) in [5.74, 6) is 2.07. The first-order valence-corrected chi connectivity index (χ1v) is 13.5. The van der Waals surface area contributed by atoms with Gasteiger partial charge in [0, 0.05) is 11.1 Å². The van der Waals surface area contributed by atoms with E-state index in [1.807, 2.05) is 54.0 Å². The third-order valence-corrected chi connectivity index (χ3v) is 8.07. The normalized spacial score (nSPS) is 16.3. The van der Waals surface area contributed by atoms with E-state index in [1.54, 1.807) is 14.2 Å². The molecule has 2 aliphatic rings. The van der Waals surface area contributed by atoms with Gasteiger partial charge in [-0.05, 0) is 60.7 Å². The van der Waals surface area contributed by atoms with Crippen LogP contribution in [0.5, 0.6) is 17.2 Å². The minimum absolute atomic E-state index is 0.0667. The number of methoxy groups -OCH3 is 2. The zero-order valence-corrected chi connectivity index (χ0v) is 22.4. The highest BCUT2D eigenvalue weighted by Gasteiger charge is 2.33. The molecule has 1 aromatic heterocycles. The largest absolute Gasteiger partial charge is 0.496 e.